The van der Waals surface area contributed by atoms with Gasteiger partial charge in [-0.25, -0.2) is 0 Å². The molecule has 5 N–H and O–H groups in total. The second kappa shape index (κ2) is 18.3. The van der Waals surface area contributed by atoms with Crippen LogP contribution in [0.4, 0.5) is 0 Å². The number of aliphatic hydroxyl groups is 5. The molecule has 3 fully saturated rings. The first-order valence-electron chi connectivity index (χ1n) is 19.1. The molecular formula is C38H69NO14. The van der Waals surface area contributed by atoms with Crippen LogP contribution in [-0.2, 0) is 42.7 Å². The molecule has 0 saturated carbocycles. The molecule has 53 heavy (non-hydrogen) atoms. The number of esters is 1. The van der Waals surface area contributed by atoms with Crippen LogP contribution in [0.15, 0.2) is 0 Å². The summed E-state index contributed by atoms with van der Waals surface area (Å²) in [6.07, 6.45) is -9.92. The maximum absolute atomic E-state index is 14.2. The summed E-state index contributed by atoms with van der Waals surface area (Å²) in [5.41, 5.74) is -4.74. The van der Waals surface area contributed by atoms with Gasteiger partial charge in [-0.05, 0) is 68.0 Å². The first-order chi connectivity index (χ1) is 24.5. The van der Waals surface area contributed by atoms with E-state index in [1.54, 1.807) is 41.5 Å². The summed E-state index contributed by atoms with van der Waals surface area (Å²) < 4.78 is 43.6. The van der Waals surface area contributed by atoms with Crippen LogP contribution in [0.3, 0.4) is 0 Å². The van der Waals surface area contributed by atoms with E-state index < -0.39 is 114 Å². The predicted octanol–water partition coefficient (Wildman–Crippen LogP) is 1.41. The summed E-state index contributed by atoms with van der Waals surface area (Å²) in [6.45, 7) is 14.2. The minimum atomic E-state index is -2.02. The molecule has 0 spiro atoms. The molecule has 0 amide bonds. The summed E-state index contributed by atoms with van der Waals surface area (Å²) in [4.78, 5) is 30.1. The van der Waals surface area contributed by atoms with Crippen LogP contribution >= 0.6 is 0 Å². The number of Topliss-reactive ketones (excluding diaryl/α,β-unsaturated/α-hetero) is 1. The third-order valence-corrected chi connectivity index (χ3v) is 12.3. The Hall–Kier alpha value is -1.34. The van der Waals surface area contributed by atoms with E-state index >= 15 is 0 Å². The van der Waals surface area contributed by atoms with E-state index in [1.165, 1.54) is 28.1 Å². The van der Waals surface area contributed by atoms with E-state index in [1.807, 2.05) is 25.9 Å². The standard InChI is InChI=1S/C38H69NO14/c1-14-26-37(9,46)31(43)21(4)28(41)19(2)16-38(18-40,48-13)33(53-35-29(42)25(39(10)11)15-20(3)49-35)22(5)30(23(6)34(45)51-26)52-27-17-36(8,47-12)32(44)24(7)50-27/h19-27,29-33,35,40,42-44,46H,14-18H2,1-13H3/t19-,20-,21+,22+,23-,24+,25+,26-,27+,29-,30+,31-,32+,33-,35+,36-,37-,38+/m1/s1. The molecule has 0 aromatic carbocycles. The molecule has 3 aliphatic heterocycles. The second-order valence-electron chi connectivity index (χ2n) is 16.5. The van der Waals surface area contributed by atoms with Crippen molar-refractivity contribution in [3.63, 3.8) is 0 Å². The van der Waals surface area contributed by atoms with Gasteiger partial charge in [-0.2, -0.15) is 0 Å². The van der Waals surface area contributed by atoms with Crippen molar-refractivity contribution in [3.8, 4) is 0 Å². The highest BCUT2D eigenvalue weighted by molar-refractivity contribution is 5.83. The Kier molecular flexibility index (Phi) is 15.9. The molecule has 0 aromatic heterocycles. The third-order valence-electron chi connectivity index (χ3n) is 12.3. The second-order valence-corrected chi connectivity index (χ2v) is 16.5. The Morgan fingerprint density at radius 3 is 2.04 bits per heavy atom. The normalized spacial score (nSPS) is 48.3. The number of carbonyl (C=O) groups excluding carboxylic acids is 2. The van der Waals surface area contributed by atoms with Crippen molar-refractivity contribution in [2.24, 2.45) is 23.7 Å². The largest absolute Gasteiger partial charge is 0.459 e. The highest BCUT2D eigenvalue weighted by atomic mass is 16.7. The van der Waals surface area contributed by atoms with Crippen molar-refractivity contribution in [1.29, 1.82) is 0 Å². The van der Waals surface area contributed by atoms with E-state index in [-0.39, 0.29) is 31.4 Å². The average Bonchev–Trinajstić information content (AvgIpc) is 3.11. The minimum Gasteiger partial charge on any atom is -0.459 e. The molecule has 18 atom stereocenters. The molecule has 0 radical (unpaired) electrons. The fourth-order valence-electron chi connectivity index (χ4n) is 8.62. The lowest BCUT2D eigenvalue weighted by atomic mass is 9.73. The van der Waals surface area contributed by atoms with Crippen molar-refractivity contribution < 1.29 is 68.3 Å². The molecule has 3 aliphatic rings. The molecule has 310 valence electrons. The number of likely N-dealkylation sites (N-methyl/N-ethyl adjacent to an activating group) is 1. The summed E-state index contributed by atoms with van der Waals surface area (Å²) in [5, 5.41) is 56.8. The first kappa shape index (κ1) is 46.0. The summed E-state index contributed by atoms with van der Waals surface area (Å²) in [5.74, 6) is -5.10. The third kappa shape index (κ3) is 9.62. The summed E-state index contributed by atoms with van der Waals surface area (Å²) in [7, 11) is 6.55. The molecule has 0 aromatic rings. The minimum absolute atomic E-state index is 0.0787. The first-order valence-corrected chi connectivity index (χ1v) is 19.1. The van der Waals surface area contributed by atoms with Crippen LogP contribution in [0.2, 0.25) is 0 Å². The van der Waals surface area contributed by atoms with Crippen LogP contribution < -0.4 is 0 Å². The molecule has 15 heteroatoms. The monoisotopic (exact) mass is 763 g/mol. The number of methoxy groups -OCH3 is 2. The zero-order valence-electron chi connectivity index (χ0n) is 34.1. The van der Waals surface area contributed by atoms with E-state index in [0.717, 1.165) is 0 Å². The van der Waals surface area contributed by atoms with Gasteiger partial charge in [0.05, 0.1) is 48.6 Å². The average molecular weight is 764 g/mol. The quantitative estimate of drug-likeness (QED) is 0.211. The van der Waals surface area contributed by atoms with Gasteiger partial charge < -0.3 is 63.6 Å². The van der Waals surface area contributed by atoms with Gasteiger partial charge in [0.2, 0.25) is 0 Å². The van der Waals surface area contributed by atoms with Crippen molar-refractivity contribution in [2.75, 3.05) is 34.9 Å². The van der Waals surface area contributed by atoms with Gasteiger partial charge in [-0.1, -0.05) is 27.7 Å². The Bertz CT molecular complexity index is 1200. The van der Waals surface area contributed by atoms with E-state index in [0.29, 0.717) is 6.42 Å². The summed E-state index contributed by atoms with van der Waals surface area (Å²) in [6, 6.07) is -0.346. The van der Waals surface area contributed by atoms with Crippen molar-refractivity contribution in [3.05, 3.63) is 0 Å². The Labute approximate surface area is 315 Å². The van der Waals surface area contributed by atoms with Gasteiger partial charge in [0.15, 0.2) is 12.6 Å². The number of ketones is 1. The smallest absolute Gasteiger partial charge is 0.311 e. The number of aliphatic hydroxyl groups excluding tert-OH is 4. The SMILES string of the molecule is CC[C@H]1OC(=O)[C@H](C)[C@@H](O[C@H]2C[C@@](C)(OC)[C@@H](O)[C@H](C)O2)[C@H](C)[C@@H](O[C@@H]2O[C@H](C)C[C@H](N(C)C)[C@H]2O)[C@](CO)(OC)C[C@@H](C)C(=O)[C@H](C)[C@@H](O)[C@]1(C)O. The molecule has 3 saturated heterocycles. The predicted molar refractivity (Wildman–Crippen MR) is 192 cm³/mol. The topological polar surface area (TPSA) is 203 Å². The number of rotatable bonds is 9. The van der Waals surface area contributed by atoms with Gasteiger partial charge in [0.25, 0.3) is 0 Å². The number of nitrogens with zero attached hydrogens (tertiary/aromatic N) is 1. The zero-order valence-corrected chi connectivity index (χ0v) is 34.1. The molecule has 3 heterocycles. The molecular weight excluding hydrogens is 694 g/mol. The zero-order chi connectivity index (χ0) is 40.4. The van der Waals surface area contributed by atoms with Crippen LogP contribution in [-0.4, -0.2) is 161 Å². The molecule has 0 aliphatic carbocycles. The fourth-order valence-corrected chi connectivity index (χ4v) is 8.62. The lowest BCUT2D eigenvalue weighted by molar-refractivity contribution is -0.322. The van der Waals surface area contributed by atoms with Crippen LogP contribution in [0.1, 0.15) is 88.0 Å². The lowest BCUT2D eigenvalue weighted by Crippen LogP contribution is -2.63. The summed E-state index contributed by atoms with van der Waals surface area (Å²) >= 11 is 0. The molecule has 15 nitrogen and oxygen atoms in total. The van der Waals surface area contributed by atoms with Crippen LogP contribution in [0.5, 0.6) is 0 Å². The number of hydrogen-bond donors (Lipinski definition) is 5. The van der Waals surface area contributed by atoms with E-state index in [4.69, 9.17) is 33.2 Å². The van der Waals surface area contributed by atoms with Gasteiger partial charge >= 0.3 is 5.97 Å². The Morgan fingerprint density at radius 2 is 1.51 bits per heavy atom. The van der Waals surface area contributed by atoms with Gasteiger partial charge in [-0.15, -0.1) is 0 Å². The number of carbonyl (C=O) groups is 2. The molecule has 0 bridgehead atoms. The maximum Gasteiger partial charge on any atom is 0.311 e. The maximum atomic E-state index is 14.2. The van der Waals surface area contributed by atoms with Gasteiger partial charge in [-0.3, -0.25) is 9.59 Å². The van der Waals surface area contributed by atoms with Crippen LogP contribution in [0.25, 0.3) is 0 Å². The highest BCUT2D eigenvalue weighted by Crippen LogP contribution is 2.42. The van der Waals surface area contributed by atoms with Crippen molar-refractivity contribution in [1.82, 2.24) is 4.90 Å². The van der Waals surface area contributed by atoms with Gasteiger partial charge in [0.1, 0.15) is 35.3 Å². The molecule has 3 rings (SSSR count). The Balaban J connectivity index is 2.26. The highest BCUT2D eigenvalue weighted by Gasteiger charge is 2.55. The van der Waals surface area contributed by atoms with E-state index in [9.17, 15) is 35.1 Å². The van der Waals surface area contributed by atoms with Crippen molar-refractivity contribution >= 4 is 11.8 Å². The van der Waals surface area contributed by atoms with Gasteiger partial charge in [0, 0.05) is 44.4 Å². The number of hydrogen-bond acceptors (Lipinski definition) is 15. The van der Waals surface area contributed by atoms with Crippen molar-refractivity contribution in [2.45, 2.75) is 172 Å². The number of cyclic esters (lactones) is 1. The Morgan fingerprint density at radius 1 is 0.887 bits per heavy atom. The lowest BCUT2D eigenvalue weighted by Gasteiger charge is -2.50. The van der Waals surface area contributed by atoms with Crippen LogP contribution in [0, 0.1) is 23.7 Å². The molecule has 0 unspecified atom stereocenters. The van der Waals surface area contributed by atoms with E-state index in [2.05, 4.69) is 0 Å². The number of ether oxygens (including phenoxy) is 7. The fraction of sp³-hybridized carbons (Fsp3) is 0.947.